The van der Waals surface area contributed by atoms with Crippen molar-refractivity contribution in [3.63, 3.8) is 0 Å². The van der Waals surface area contributed by atoms with Crippen molar-refractivity contribution in [2.45, 2.75) is 6.42 Å². The molecule has 2 aliphatic heterocycles. The Morgan fingerprint density at radius 2 is 1.88 bits per heavy atom. The Bertz CT molecular complexity index is 775. The molecule has 0 aliphatic carbocycles. The first-order valence-corrected chi connectivity index (χ1v) is 8.42. The molecule has 1 saturated heterocycles. The van der Waals surface area contributed by atoms with Gasteiger partial charge in [-0.2, -0.15) is 4.98 Å². The van der Waals surface area contributed by atoms with Gasteiger partial charge in [0.05, 0.1) is 20.3 Å². The molecule has 7 nitrogen and oxygen atoms in total. The average molecular weight is 340 g/mol. The normalized spacial score (nSPS) is 16.7. The third-order valence-corrected chi connectivity index (χ3v) is 4.56. The van der Waals surface area contributed by atoms with E-state index in [9.17, 15) is 4.79 Å². The number of hydrogen-bond acceptors (Lipinski definition) is 7. The predicted octanol–water partition coefficient (Wildman–Crippen LogP) is 1.79. The van der Waals surface area contributed by atoms with Crippen molar-refractivity contribution in [1.29, 1.82) is 0 Å². The molecule has 0 bridgehead atoms. The fourth-order valence-corrected chi connectivity index (χ4v) is 3.27. The van der Waals surface area contributed by atoms with E-state index < -0.39 is 5.97 Å². The number of carbonyl (C=O) groups excluding carboxylic acids is 1. The third kappa shape index (κ3) is 2.91. The number of esters is 1. The minimum Gasteiger partial charge on any atom is -0.464 e. The maximum atomic E-state index is 12.3. The van der Waals surface area contributed by atoms with Gasteiger partial charge in [0, 0.05) is 30.9 Å². The van der Waals surface area contributed by atoms with Gasteiger partial charge in [-0.3, -0.25) is 0 Å². The highest BCUT2D eigenvalue weighted by atomic mass is 16.5. The van der Waals surface area contributed by atoms with Gasteiger partial charge in [-0.25, -0.2) is 9.78 Å². The number of benzene rings is 1. The number of carbonyl (C=O) groups is 1. The number of ether oxygens (including phenoxy) is 2. The van der Waals surface area contributed by atoms with E-state index in [2.05, 4.69) is 14.8 Å². The SMILES string of the molecule is COC(=O)c1nc(N2CCOCC2)nc2c1CCN2c1ccccc1. The van der Waals surface area contributed by atoms with Crippen LogP contribution in [0.3, 0.4) is 0 Å². The Labute approximate surface area is 146 Å². The number of nitrogens with zero attached hydrogens (tertiary/aromatic N) is 4. The molecule has 0 saturated carbocycles. The molecular weight excluding hydrogens is 320 g/mol. The van der Waals surface area contributed by atoms with Gasteiger partial charge in [0.25, 0.3) is 0 Å². The van der Waals surface area contributed by atoms with E-state index in [0.29, 0.717) is 37.9 Å². The van der Waals surface area contributed by atoms with Gasteiger partial charge in [-0.05, 0) is 18.6 Å². The highest BCUT2D eigenvalue weighted by Crippen LogP contribution is 2.35. The molecular formula is C18H20N4O3. The van der Waals surface area contributed by atoms with Crippen molar-refractivity contribution >= 4 is 23.4 Å². The Morgan fingerprint density at radius 1 is 1.12 bits per heavy atom. The molecule has 2 aromatic rings. The Kier molecular flexibility index (Phi) is 4.23. The third-order valence-electron chi connectivity index (χ3n) is 4.56. The Hall–Kier alpha value is -2.67. The molecule has 1 aromatic heterocycles. The summed E-state index contributed by atoms with van der Waals surface area (Å²) in [6.45, 7) is 3.47. The number of anilines is 3. The van der Waals surface area contributed by atoms with Crippen molar-refractivity contribution in [2.24, 2.45) is 0 Å². The number of morpholine rings is 1. The number of fused-ring (bicyclic) bond motifs is 1. The van der Waals surface area contributed by atoms with Crippen LogP contribution >= 0.6 is 0 Å². The molecule has 3 heterocycles. The fourth-order valence-electron chi connectivity index (χ4n) is 3.27. The van der Waals surface area contributed by atoms with E-state index in [4.69, 9.17) is 14.5 Å². The molecule has 7 heteroatoms. The lowest BCUT2D eigenvalue weighted by Gasteiger charge is -2.28. The quantitative estimate of drug-likeness (QED) is 0.789. The van der Waals surface area contributed by atoms with Crippen LogP contribution in [-0.4, -0.2) is 55.9 Å². The fraction of sp³-hybridized carbons (Fsp3) is 0.389. The lowest BCUT2D eigenvalue weighted by atomic mass is 10.2. The van der Waals surface area contributed by atoms with Crippen LogP contribution in [0, 0.1) is 0 Å². The molecule has 1 aromatic carbocycles. The van der Waals surface area contributed by atoms with Gasteiger partial charge in [-0.1, -0.05) is 18.2 Å². The van der Waals surface area contributed by atoms with Crippen LogP contribution in [0.2, 0.25) is 0 Å². The topological polar surface area (TPSA) is 67.8 Å². The molecule has 0 amide bonds. The van der Waals surface area contributed by atoms with Crippen LogP contribution in [0.1, 0.15) is 16.1 Å². The second-order valence-corrected chi connectivity index (χ2v) is 6.00. The molecule has 130 valence electrons. The van der Waals surface area contributed by atoms with E-state index in [1.54, 1.807) is 0 Å². The van der Waals surface area contributed by atoms with Crippen LogP contribution in [-0.2, 0) is 15.9 Å². The van der Waals surface area contributed by atoms with E-state index in [1.165, 1.54) is 7.11 Å². The van der Waals surface area contributed by atoms with Crippen LogP contribution < -0.4 is 9.80 Å². The zero-order valence-corrected chi connectivity index (χ0v) is 14.1. The molecule has 0 atom stereocenters. The minimum atomic E-state index is -0.414. The molecule has 0 radical (unpaired) electrons. The van der Waals surface area contributed by atoms with Gasteiger partial charge in [0.15, 0.2) is 5.69 Å². The van der Waals surface area contributed by atoms with E-state index in [0.717, 1.165) is 30.0 Å². The standard InChI is InChI=1S/C18H20N4O3/c1-24-17(23)15-14-7-8-22(13-5-3-2-4-6-13)16(14)20-18(19-15)21-9-11-25-12-10-21/h2-6H,7-12H2,1H3. The van der Waals surface area contributed by atoms with Crippen molar-refractivity contribution in [3.8, 4) is 0 Å². The lowest BCUT2D eigenvalue weighted by molar-refractivity contribution is 0.0592. The Balaban J connectivity index is 1.80. The summed E-state index contributed by atoms with van der Waals surface area (Å²) in [6.07, 6.45) is 0.720. The van der Waals surface area contributed by atoms with E-state index in [1.807, 2.05) is 30.3 Å². The molecule has 4 rings (SSSR count). The summed E-state index contributed by atoms with van der Waals surface area (Å²) in [5.74, 6) is 0.941. The summed E-state index contributed by atoms with van der Waals surface area (Å²) in [7, 11) is 1.38. The summed E-state index contributed by atoms with van der Waals surface area (Å²) in [6, 6.07) is 10.1. The largest absolute Gasteiger partial charge is 0.464 e. The van der Waals surface area contributed by atoms with Gasteiger partial charge >= 0.3 is 5.97 Å². The summed E-state index contributed by atoms with van der Waals surface area (Å²) < 4.78 is 10.4. The Morgan fingerprint density at radius 3 is 2.60 bits per heavy atom. The monoisotopic (exact) mass is 340 g/mol. The number of rotatable bonds is 3. The zero-order valence-electron chi connectivity index (χ0n) is 14.1. The predicted molar refractivity (Wildman–Crippen MR) is 93.6 cm³/mol. The van der Waals surface area contributed by atoms with Crippen LogP contribution in [0.5, 0.6) is 0 Å². The molecule has 25 heavy (non-hydrogen) atoms. The minimum absolute atomic E-state index is 0.368. The number of aromatic nitrogens is 2. The molecule has 0 unspecified atom stereocenters. The van der Waals surface area contributed by atoms with Crippen LogP contribution in [0.4, 0.5) is 17.5 Å². The lowest BCUT2D eigenvalue weighted by Crippen LogP contribution is -2.38. The highest BCUT2D eigenvalue weighted by Gasteiger charge is 2.31. The van der Waals surface area contributed by atoms with Gasteiger partial charge in [0.2, 0.25) is 5.95 Å². The summed E-state index contributed by atoms with van der Waals surface area (Å²) in [5.41, 5.74) is 2.28. The number of hydrogen-bond donors (Lipinski definition) is 0. The first kappa shape index (κ1) is 15.8. The smallest absolute Gasteiger partial charge is 0.357 e. The van der Waals surface area contributed by atoms with Gasteiger partial charge in [0.1, 0.15) is 5.82 Å². The average Bonchev–Trinajstić information content (AvgIpc) is 3.12. The maximum Gasteiger partial charge on any atom is 0.357 e. The zero-order chi connectivity index (χ0) is 17.2. The van der Waals surface area contributed by atoms with Crippen molar-refractivity contribution in [3.05, 3.63) is 41.6 Å². The first-order valence-electron chi connectivity index (χ1n) is 8.42. The second kappa shape index (κ2) is 6.68. The maximum absolute atomic E-state index is 12.3. The summed E-state index contributed by atoms with van der Waals surface area (Å²) in [4.78, 5) is 25.8. The summed E-state index contributed by atoms with van der Waals surface area (Å²) >= 11 is 0. The molecule has 0 N–H and O–H groups in total. The van der Waals surface area contributed by atoms with Crippen molar-refractivity contribution in [1.82, 2.24) is 9.97 Å². The second-order valence-electron chi connectivity index (χ2n) is 6.00. The molecule has 1 fully saturated rings. The highest BCUT2D eigenvalue weighted by molar-refractivity contribution is 5.92. The van der Waals surface area contributed by atoms with Gasteiger partial charge in [-0.15, -0.1) is 0 Å². The first-order chi connectivity index (χ1) is 12.3. The number of methoxy groups -OCH3 is 1. The van der Waals surface area contributed by atoms with Crippen LogP contribution in [0.15, 0.2) is 30.3 Å². The van der Waals surface area contributed by atoms with Crippen LogP contribution in [0.25, 0.3) is 0 Å². The molecule has 2 aliphatic rings. The van der Waals surface area contributed by atoms with Gasteiger partial charge < -0.3 is 19.3 Å². The molecule has 0 spiro atoms. The summed E-state index contributed by atoms with van der Waals surface area (Å²) in [5, 5.41) is 0. The van der Waals surface area contributed by atoms with Crippen molar-refractivity contribution in [2.75, 3.05) is 49.8 Å². The van der Waals surface area contributed by atoms with E-state index in [-0.39, 0.29) is 0 Å². The van der Waals surface area contributed by atoms with Crippen molar-refractivity contribution < 1.29 is 14.3 Å². The van der Waals surface area contributed by atoms with E-state index >= 15 is 0 Å². The number of para-hydroxylation sites is 1.